The summed E-state index contributed by atoms with van der Waals surface area (Å²) in [5.74, 6) is -1.80. The minimum Gasteiger partial charge on any atom is -0.478 e. The van der Waals surface area contributed by atoms with Crippen LogP contribution in [0.15, 0.2) is 90.1 Å². The van der Waals surface area contributed by atoms with E-state index in [-0.39, 0.29) is 36.1 Å². The molecule has 0 radical (unpaired) electrons. The second-order valence-electron chi connectivity index (χ2n) is 8.33. The molecule has 0 aliphatic heterocycles. The molecule has 4 rings (SSSR count). The van der Waals surface area contributed by atoms with Crippen molar-refractivity contribution in [1.29, 1.82) is 0 Å². The Kier molecular flexibility index (Phi) is 6.98. The highest BCUT2D eigenvalue weighted by molar-refractivity contribution is 5.89. The number of aryl methyl sites for hydroxylation is 1. The van der Waals surface area contributed by atoms with Gasteiger partial charge in [-0.25, -0.2) is 9.18 Å². The molecule has 4 nitrogen and oxygen atoms in total. The first-order chi connectivity index (χ1) is 16.0. The van der Waals surface area contributed by atoms with Gasteiger partial charge in [0.15, 0.2) is 0 Å². The van der Waals surface area contributed by atoms with Gasteiger partial charge in [0.05, 0.1) is 5.57 Å². The molecular weight excluding hydrogens is 417 g/mol. The number of hydrogen-bond donors (Lipinski definition) is 2. The second-order valence-corrected chi connectivity index (χ2v) is 8.33. The van der Waals surface area contributed by atoms with E-state index < -0.39 is 5.97 Å². The van der Waals surface area contributed by atoms with E-state index in [1.807, 2.05) is 42.5 Å². The molecule has 168 valence electrons. The van der Waals surface area contributed by atoms with Gasteiger partial charge in [-0.15, -0.1) is 0 Å². The zero-order valence-corrected chi connectivity index (χ0v) is 18.3. The fourth-order valence-corrected chi connectivity index (χ4v) is 4.35. The zero-order chi connectivity index (χ0) is 23.2. The number of aliphatic carboxylic acids is 1. The molecule has 1 atom stereocenters. The second kappa shape index (κ2) is 10.3. The number of benzene rings is 3. The van der Waals surface area contributed by atoms with Crippen LogP contribution >= 0.6 is 0 Å². The average molecular weight is 444 g/mol. The third-order valence-electron chi connectivity index (χ3n) is 6.15. The molecule has 1 amide bonds. The van der Waals surface area contributed by atoms with Gasteiger partial charge in [0.2, 0.25) is 5.91 Å². The van der Waals surface area contributed by atoms with E-state index >= 15 is 0 Å². The number of carbonyl (C=O) groups is 2. The van der Waals surface area contributed by atoms with Crippen molar-refractivity contribution in [2.75, 3.05) is 0 Å². The van der Waals surface area contributed by atoms with Crippen LogP contribution in [0.3, 0.4) is 0 Å². The molecule has 0 spiro atoms. The quantitative estimate of drug-likeness (QED) is 0.482. The summed E-state index contributed by atoms with van der Waals surface area (Å²) in [5, 5.41) is 12.5. The van der Waals surface area contributed by atoms with E-state index in [2.05, 4.69) is 17.4 Å². The Hall–Kier alpha value is -3.73. The van der Waals surface area contributed by atoms with E-state index in [1.165, 1.54) is 6.07 Å². The Morgan fingerprint density at radius 3 is 2.27 bits per heavy atom. The Morgan fingerprint density at radius 1 is 0.909 bits per heavy atom. The van der Waals surface area contributed by atoms with Crippen LogP contribution in [0.2, 0.25) is 0 Å². The van der Waals surface area contributed by atoms with Gasteiger partial charge in [-0.05, 0) is 59.9 Å². The van der Waals surface area contributed by atoms with Gasteiger partial charge >= 0.3 is 5.97 Å². The molecule has 3 aromatic carbocycles. The average Bonchev–Trinajstić information content (AvgIpc) is 2.84. The first-order valence-electron chi connectivity index (χ1n) is 11.1. The van der Waals surface area contributed by atoms with Crippen LogP contribution in [0.25, 0.3) is 11.1 Å². The van der Waals surface area contributed by atoms with Crippen LogP contribution in [0, 0.1) is 5.82 Å². The maximum atomic E-state index is 14.2. The third-order valence-corrected chi connectivity index (χ3v) is 6.15. The summed E-state index contributed by atoms with van der Waals surface area (Å²) in [4.78, 5) is 24.4. The zero-order valence-electron chi connectivity index (χ0n) is 18.3. The molecule has 33 heavy (non-hydrogen) atoms. The lowest BCUT2D eigenvalue weighted by Gasteiger charge is -2.26. The molecule has 0 bridgehead atoms. The van der Waals surface area contributed by atoms with Crippen molar-refractivity contribution >= 4 is 11.9 Å². The van der Waals surface area contributed by atoms with E-state index in [1.54, 1.807) is 18.2 Å². The maximum absolute atomic E-state index is 14.2. The molecule has 0 fully saturated rings. The molecule has 0 saturated carbocycles. The van der Waals surface area contributed by atoms with Gasteiger partial charge in [-0.3, -0.25) is 4.79 Å². The predicted molar refractivity (Wildman–Crippen MR) is 126 cm³/mol. The van der Waals surface area contributed by atoms with Crippen LogP contribution in [0.1, 0.15) is 42.7 Å². The van der Waals surface area contributed by atoms with E-state index in [9.17, 15) is 19.1 Å². The van der Waals surface area contributed by atoms with E-state index in [4.69, 9.17) is 0 Å². The summed E-state index contributed by atoms with van der Waals surface area (Å²) >= 11 is 0. The molecule has 0 heterocycles. The standard InChI is InChI=1S/C28H26FNO3/c29-25-9-5-4-8-23(25)22-15-16-26(24(18-22)28(32)33)30-27(31)17-12-19-10-13-21(14-11-19)20-6-2-1-3-7-20/h1-11,13-14,22H,12,15-18H2,(H,30,31)(H,32,33). The first-order valence-corrected chi connectivity index (χ1v) is 11.1. The number of amides is 1. The lowest BCUT2D eigenvalue weighted by atomic mass is 9.82. The third kappa shape index (κ3) is 5.55. The molecule has 0 saturated heterocycles. The predicted octanol–water partition coefficient (Wildman–Crippen LogP) is 5.85. The Labute approximate surface area is 192 Å². The van der Waals surface area contributed by atoms with Crippen LogP contribution in [0.5, 0.6) is 0 Å². The summed E-state index contributed by atoms with van der Waals surface area (Å²) < 4.78 is 14.2. The SMILES string of the molecule is O=C(CCc1ccc(-c2ccccc2)cc1)NC1=C(C(=O)O)CC(c2ccccc2F)CC1. The van der Waals surface area contributed by atoms with Gasteiger partial charge in [-0.2, -0.15) is 0 Å². The smallest absolute Gasteiger partial charge is 0.333 e. The van der Waals surface area contributed by atoms with Crippen LogP contribution in [0.4, 0.5) is 4.39 Å². The van der Waals surface area contributed by atoms with E-state index in [0.29, 0.717) is 30.5 Å². The van der Waals surface area contributed by atoms with Gasteiger partial charge < -0.3 is 10.4 Å². The van der Waals surface area contributed by atoms with Gasteiger partial charge in [0, 0.05) is 12.1 Å². The van der Waals surface area contributed by atoms with Crippen LogP contribution in [-0.4, -0.2) is 17.0 Å². The van der Waals surface area contributed by atoms with Crippen molar-refractivity contribution in [3.8, 4) is 11.1 Å². The number of halogens is 1. The number of nitrogens with one attached hydrogen (secondary N) is 1. The Morgan fingerprint density at radius 2 is 1.58 bits per heavy atom. The fraction of sp³-hybridized carbons (Fsp3) is 0.214. The number of rotatable bonds is 7. The molecular formula is C28H26FNO3. The molecule has 1 aliphatic carbocycles. The largest absolute Gasteiger partial charge is 0.478 e. The molecule has 2 N–H and O–H groups in total. The molecule has 0 aromatic heterocycles. The van der Waals surface area contributed by atoms with Crippen molar-refractivity contribution in [1.82, 2.24) is 5.32 Å². The van der Waals surface area contributed by atoms with Crippen LogP contribution in [-0.2, 0) is 16.0 Å². The van der Waals surface area contributed by atoms with E-state index in [0.717, 1.165) is 16.7 Å². The van der Waals surface area contributed by atoms with Crippen molar-refractivity contribution < 1.29 is 19.1 Å². The highest BCUT2D eigenvalue weighted by atomic mass is 19.1. The van der Waals surface area contributed by atoms with Crippen molar-refractivity contribution in [3.63, 3.8) is 0 Å². The minimum absolute atomic E-state index is 0.162. The number of allylic oxidation sites excluding steroid dienone is 1. The number of carboxylic acids is 1. The molecule has 3 aromatic rings. The van der Waals surface area contributed by atoms with Crippen molar-refractivity contribution in [2.24, 2.45) is 0 Å². The monoisotopic (exact) mass is 443 g/mol. The van der Waals surface area contributed by atoms with Crippen molar-refractivity contribution in [2.45, 2.75) is 38.0 Å². The van der Waals surface area contributed by atoms with Crippen molar-refractivity contribution in [3.05, 3.63) is 107 Å². The lowest BCUT2D eigenvalue weighted by molar-refractivity contribution is -0.133. The normalized spacial score (nSPS) is 15.8. The van der Waals surface area contributed by atoms with Gasteiger partial charge in [-0.1, -0.05) is 72.8 Å². The summed E-state index contributed by atoms with van der Waals surface area (Å²) in [5.41, 5.74) is 4.43. The highest BCUT2D eigenvalue weighted by Gasteiger charge is 2.28. The minimum atomic E-state index is -1.07. The van der Waals surface area contributed by atoms with Crippen LogP contribution < -0.4 is 5.32 Å². The number of carboxylic acid groups (broad SMARTS) is 1. The summed E-state index contributed by atoms with van der Waals surface area (Å²) in [7, 11) is 0. The lowest BCUT2D eigenvalue weighted by Crippen LogP contribution is -2.29. The first kappa shape index (κ1) is 22.5. The highest BCUT2D eigenvalue weighted by Crippen LogP contribution is 2.36. The molecule has 1 unspecified atom stereocenters. The Bertz CT molecular complexity index is 1170. The van der Waals surface area contributed by atoms with Gasteiger partial charge in [0.25, 0.3) is 0 Å². The fourth-order valence-electron chi connectivity index (χ4n) is 4.35. The summed E-state index contributed by atoms with van der Waals surface area (Å²) in [6.45, 7) is 0. The Balaban J connectivity index is 1.37. The molecule has 5 heteroatoms. The number of hydrogen-bond acceptors (Lipinski definition) is 2. The number of carbonyl (C=O) groups excluding carboxylic acids is 1. The summed E-state index contributed by atoms with van der Waals surface area (Å²) in [6.07, 6.45) is 2.02. The molecule has 1 aliphatic rings. The summed E-state index contributed by atoms with van der Waals surface area (Å²) in [6, 6.07) is 24.7. The maximum Gasteiger partial charge on any atom is 0.333 e. The topological polar surface area (TPSA) is 66.4 Å². The van der Waals surface area contributed by atoms with Gasteiger partial charge in [0.1, 0.15) is 5.82 Å².